The Bertz CT molecular complexity index is 109. The monoisotopic (exact) mass is 251 g/mol. The fourth-order valence-electron chi connectivity index (χ4n) is 1.31. The molecule has 0 aromatic carbocycles. The molecule has 0 aliphatic rings. The molecule has 0 aromatic rings. The summed E-state index contributed by atoms with van der Waals surface area (Å²) in [6.07, 6.45) is 3.38. The second-order valence-corrected chi connectivity index (χ2v) is 4.40. The molecule has 3 heteroatoms. The number of alkyl halides is 1. The Morgan fingerprint density at radius 3 is 2.23 bits per heavy atom. The Hall–Kier alpha value is 0.400. The summed E-state index contributed by atoms with van der Waals surface area (Å²) in [4.78, 5) is 2.43. The van der Waals surface area contributed by atoms with Gasteiger partial charge in [0.05, 0.1) is 0 Å². The van der Waals surface area contributed by atoms with Crippen LogP contribution in [-0.4, -0.2) is 41.1 Å². The third-order valence-electron chi connectivity index (χ3n) is 2.16. The van der Waals surface area contributed by atoms with E-state index >= 15 is 0 Å². The molecule has 0 fully saturated rings. The Kier molecular flexibility index (Phi) is 9.25. The third-order valence-corrected chi connectivity index (χ3v) is 2.72. The Balaban J connectivity index is 3.54. The maximum Gasteiger partial charge on any atom is 0.0443 e. The summed E-state index contributed by atoms with van der Waals surface area (Å²) in [5, 5.41) is 9.83. The van der Waals surface area contributed by atoms with Crippen molar-refractivity contribution in [1.82, 2.24) is 4.90 Å². The van der Waals surface area contributed by atoms with Crippen molar-refractivity contribution >= 4 is 15.9 Å². The van der Waals surface area contributed by atoms with Gasteiger partial charge in [0.25, 0.3) is 0 Å². The average molecular weight is 252 g/mol. The van der Waals surface area contributed by atoms with Crippen molar-refractivity contribution in [2.75, 3.05) is 25.0 Å². The lowest BCUT2D eigenvalue weighted by atomic mass is 10.2. The van der Waals surface area contributed by atoms with E-state index in [0.29, 0.717) is 12.6 Å². The zero-order valence-electron chi connectivity index (χ0n) is 8.80. The molecule has 0 amide bonds. The highest BCUT2D eigenvalue weighted by Gasteiger charge is 2.07. The van der Waals surface area contributed by atoms with Crippen LogP contribution in [0.2, 0.25) is 0 Å². The smallest absolute Gasteiger partial charge is 0.0443 e. The first-order valence-corrected chi connectivity index (χ1v) is 6.25. The van der Waals surface area contributed by atoms with Crippen LogP contribution in [-0.2, 0) is 0 Å². The topological polar surface area (TPSA) is 23.5 Å². The van der Waals surface area contributed by atoms with E-state index in [-0.39, 0.29) is 0 Å². The Morgan fingerprint density at radius 1 is 1.15 bits per heavy atom. The quantitative estimate of drug-likeness (QED) is 0.529. The van der Waals surface area contributed by atoms with E-state index in [1.807, 2.05) is 0 Å². The van der Waals surface area contributed by atoms with Gasteiger partial charge in [-0.05, 0) is 39.7 Å². The summed E-state index contributed by atoms with van der Waals surface area (Å²) in [6.45, 7) is 6.92. The van der Waals surface area contributed by atoms with Crippen LogP contribution in [0.1, 0.15) is 33.1 Å². The van der Waals surface area contributed by atoms with E-state index in [4.69, 9.17) is 5.11 Å². The van der Waals surface area contributed by atoms with Crippen LogP contribution in [0.3, 0.4) is 0 Å². The number of unbranched alkanes of at least 4 members (excludes halogenated alkanes) is 1. The number of nitrogens with zero attached hydrogens (tertiary/aromatic N) is 1. The highest BCUT2D eigenvalue weighted by molar-refractivity contribution is 9.09. The highest BCUT2D eigenvalue weighted by Crippen LogP contribution is 2.03. The number of aliphatic hydroxyl groups excluding tert-OH is 1. The van der Waals surface area contributed by atoms with E-state index in [9.17, 15) is 0 Å². The van der Waals surface area contributed by atoms with Gasteiger partial charge < -0.3 is 10.0 Å². The molecule has 0 spiro atoms. The average Bonchev–Trinajstić information content (AvgIpc) is 2.10. The van der Waals surface area contributed by atoms with Gasteiger partial charge in [-0.1, -0.05) is 15.9 Å². The van der Waals surface area contributed by atoms with Gasteiger partial charge in [-0.3, -0.25) is 0 Å². The van der Waals surface area contributed by atoms with Crippen molar-refractivity contribution < 1.29 is 5.11 Å². The molecular formula is C10H22BrNO. The molecule has 0 aliphatic heterocycles. The number of rotatable bonds is 8. The van der Waals surface area contributed by atoms with Crippen LogP contribution < -0.4 is 0 Å². The summed E-state index contributed by atoms with van der Waals surface area (Å²) in [5.41, 5.74) is 0. The van der Waals surface area contributed by atoms with Crippen molar-refractivity contribution in [3.05, 3.63) is 0 Å². The van der Waals surface area contributed by atoms with Crippen molar-refractivity contribution in [3.8, 4) is 0 Å². The molecule has 13 heavy (non-hydrogen) atoms. The zero-order chi connectivity index (χ0) is 10.1. The molecule has 0 aliphatic carbocycles. The van der Waals surface area contributed by atoms with Crippen molar-refractivity contribution in [1.29, 1.82) is 0 Å². The molecule has 0 atom stereocenters. The standard InChI is InChI=1S/C10H22BrNO/c1-10(2)12(8-5-9-13)7-4-3-6-11/h10,13H,3-9H2,1-2H3. The Morgan fingerprint density at radius 2 is 1.77 bits per heavy atom. The van der Waals surface area contributed by atoms with E-state index in [1.54, 1.807) is 0 Å². The number of hydrogen-bond donors (Lipinski definition) is 1. The first-order valence-electron chi connectivity index (χ1n) is 5.13. The van der Waals surface area contributed by atoms with E-state index in [2.05, 4.69) is 34.7 Å². The lowest BCUT2D eigenvalue weighted by molar-refractivity contribution is 0.190. The summed E-state index contributed by atoms with van der Waals surface area (Å²) in [6, 6.07) is 0.599. The first-order chi connectivity index (χ1) is 6.22. The summed E-state index contributed by atoms with van der Waals surface area (Å²) < 4.78 is 0. The molecule has 2 nitrogen and oxygen atoms in total. The second kappa shape index (κ2) is 8.97. The third kappa shape index (κ3) is 7.47. The van der Waals surface area contributed by atoms with E-state index < -0.39 is 0 Å². The number of aliphatic hydroxyl groups is 1. The van der Waals surface area contributed by atoms with Gasteiger partial charge in [0, 0.05) is 24.5 Å². The molecule has 0 saturated heterocycles. The molecule has 0 unspecified atom stereocenters. The van der Waals surface area contributed by atoms with Crippen molar-refractivity contribution in [2.45, 2.75) is 39.2 Å². The summed E-state index contributed by atoms with van der Waals surface area (Å²) in [7, 11) is 0. The Labute approximate surface area is 90.4 Å². The lowest BCUT2D eigenvalue weighted by Gasteiger charge is -2.25. The van der Waals surface area contributed by atoms with E-state index in [1.165, 1.54) is 12.8 Å². The van der Waals surface area contributed by atoms with Gasteiger partial charge in [-0.15, -0.1) is 0 Å². The SMILES string of the molecule is CC(C)N(CCCO)CCCCBr. The summed E-state index contributed by atoms with van der Waals surface area (Å²) in [5.74, 6) is 0. The molecule has 0 aromatic heterocycles. The van der Waals surface area contributed by atoms with Gasteiger partial charge in [0.1, 0.15) is 0 Å². The lowest BCUT2D eigenvalue weighted by Crippen LogP contribution is -2.33. The van der Waals surface area contributed by atoms with Crippen LogP contribution in [0.25, 0.3) is 0 Å². The zero-order valence-corrected chi connectivity index (χ0v) is 10.4. The maximum absolute atomic E-state index is 8.73. The van der Waals surface area contributed by atoms with Gasteiger partial charge in [-0.2, -0.15) is 0 Å². The van der Waals surface area contributed by atoms with Gasteiger partial charge in [0.15, 0.2) is 0 Å². The molecular weight excluding hydrogens is 230 g/mol. The number of hydrogen-bond acceptors (Lipinski definition) is 2. The molecule has 0 bridgehead atoms. The second-order valence-electron chi connectivity index (χ2n) is 3.60. The van der Waals surface area contributed by atoms with Crippen LogP contribution in [0.15, 0.2) is 0 Å². The minimum absolute atomic E-state index is 0.307. The fourth-order valence-corrected chi connectivity index (χ4v) is 1.71. The van der Waals surface area contributed by atoms with Gasteiger partial charge in [-0.25, -0.2) is 0 Å². The largest absolute Gasteiger partial charge is 0.396 e. The minimum atomic E-state index is 0.307. The van der Waals surface area contributed by atoms with Gasteiger partial charge >= 0.3 is 0 Å². The number of halogens is 1. The first kappa shape index (κ1) is 13.4. The molecule has 0 saturated carbocycles. The normalized spacial score (nSPS) is 11.5. The van der Waals surface area contributed by atoms with Crippen molar-refractivity contribution in [3.63, 3.8) is 0 Å². The van der Waals surface area contributed by atoms with Crippen LogP contribution in [0.4, 0.5) is 0 Å². The fraction of sp³-hybridized carbons (Fsp3) is 1.00. The van der Waals surface area contributed by atoms with E-state index in [0.717, 1.165) is 24.8 Å². The predicted molar refractivity (Wildman–Crippen MR) is 61.4 cm³/mol. The van der Waals surface area contributed by atoms with Crippen LogP contribution >= 0.6 is 15.9 Å². The molecule has 0 radical (unpaired) electrons. The molecule has 0 heterocycles. The minimum Gasteiger partial charge on any atom is -0.396 e. The highest BCUT2D eigenvalue weighted by atomic mass is 79.9. The van der Waals surface area contributed by atoms with Crippen LogP contribution in [0.5, 0.6) is 0 Å². The molecule has 80 valence electrons. The van der Waals surface area contributed by atoms with Crippen molar-refractivity contribution in [2.24, 2.45) is 0 Å². The molecule has 0 rings (SSSR count). The van der Waals surface area contributed by atoms with Crippen LogP contribution in [0, 0.1) is 0 Å². The maximum atomic E-state index is 8.73. The summed E-state index contributed by atoms with van der Waals surface area (Å²) >= 11 is 3.43. The molecule has 1 N–H and O–H groups in total. The van der Waals surface area contributed by atoms with Gasteiger partial charge in [0.2, 0.25) is 0 Å². The predicted octanol–water partition coefficient (Wildman–Crippen LogP) is 2.25.